The molecule has 1 aliphatic heterocycles. The topological polar surface area (TPSA) is 44.5 Å². The second-order valence-corrected chi connectivity index (χ2v) is 5.25. The maximum atomic E-state index is 5.96. The predicted molar refractivity (Wildman–Crippen MR) is 76.4 cm³/mol. The minimum absolute atomic E-state index is 0.327. The zero-order valence-corrected chi connectivity index (χ0v) is 11.6. The predicted octanol–water partition coefficient (Wildman–Crippen LogP) is 2.78. The molecule has 0 unspecified atom stereocenters. The van der Waals surface area contributed by atoms with E-state index < -0.39 is 0 Å². The molecule has 1 fully saturated rings. The van der Waals surface area contributed by atoms with Crippen molar-refractivity contribution in [2.75, 3.05) is 19.8 Å². The van der Waals surface area contributed by atoms with Gasteiger partial charge in [-0.2, -0.15) is 0 Å². The van der Waals surface area contributed by atoms with Gasteiger partial charge in [0, 0.05) is 18.2 Å². The van der Waals surface area contributed by atoms with Crippen LogP contribution in [0.2, 0.25) is 5.02 Å². The average Bonchev–Trinajstić information content (AvgIpc) is 2.37. The summed E-state index contributed by atoms with van der Waals surface area (Å²) in [4.78, 5) is 0.327. The highest BCUT2D eigenvalue weighted by Crippen LogP contribution is 2.25. The number of hydrogen-bond acceptors (Lipinski definition) is 3. The molecule has 18 heavy (non-hydrogen) atoms. The highest BCUT2D eigenvalue weighted by atomic mass is 35.5. The van der Waals surface area contributed by atoms with Crippen molar-refractivity contribution in [3.63, 3.8) is 0 Å². The van der Waals surface area contributed by atoms with Gasteiger partial charge in [-0.15, -0.1) is 0 Å². The van der Waals surface area contributed by atoms with Crippen LogP contribution in [0.15, 0.2) is 18.2 Å². The number of rotatable bonds is 4. The average molecular weight is 286 g/mol. The summed E-state index contributed by atoms with van der Waals surface area (Å²) in [6, 6.07) is 5.32. The zero-order valence-electron chi connectivity index (χ0n) is 10.0. The van der Waals surface area contributed by atoms with Gasteiger partial charge in [-0.1, -0.05) is 23.8 Å². The Balaban J connectivity index is 2.03. The SMILES string of the molecule is NC(=S)c1ccc(Cl)cc1OCC1CCOCC1. The fourth-order valence-corrected chi connectivity index (χ4v) is 2.27. The zero-order chi connectivity index (χ0) is 13.0. The van der Waals surface area contributed by atoms with Crippen molar-refractivity contribution in [1.82, 2.24) is 0 Å². The molecule has 5 heteroatoms. The van der Waals surface area contributed by atoms with E-state index in [4.69, 9.17) is 39.0 Å². The van der Waals surface area contributed by atoms with Crippen molar-refractivity contribution in [2.24, 2.45) is 11.7 Å². The summed E-state index contributed by atoms with van der Waals surface area (Å²) in [5.74, 6) is 1.19. The van der Waals surface area contributed by atoms with Gasteiger partial charge in [-0.25, -0.2) is 0 Å². The first-order valence-electron chi connectivity index (χ1n) is 5.96. The Morgan fingerprint density at radius 1 is 1.44 bits per heavy atom. The summed E-state index contributed by atoms with van der Waals surface area (Å²) in [6.45, 7) is 2.27. The van der Waals surface area contributed by atoms with Crippen LogP contribution < -0.4 is 10.5 Å². The van der Waals surface area contributed by atoms with Gasteiger partial charge in [-0.05, 0) is 37.0 Å². The molecule has 3 nitrogen and oxygen atoms in total. The van der Waals surface area contributed by atoms with Crippen molar-refractivity contribution >= 4 is 28.8 Å². The Kier molecular flexibility index (Phi) is 4.80. The van der Waals surface area contributed by atoms with Gasteiger partial charge >= 0.3 is 0 Å². The van der Waals surface area contributed by atoms with Crippen molar-refractivity contribution in [3.05, 3.63) is 28.8 Å². The highest BCUT2D eigenvalue weighted by Gasteiger charge is 2.16. The quantitative estimate of drug-likeness (QED) is 0.864. The van der Waals surface area contributed by atoms with Crippen LogP contribution in [0.1, 0.15) is 18.4 Å². The van der Waals surface area contributed by atoms with Crippen LogP contribution in [-0.4, -0.2) is 24.8 Å². The van der Waals surface area contributed by atoms with E-state index in [1.807, 2.05) is 0 Å². The molecule has 1 aliphatic rings. The normalized spacial score (nSPS) is 16.5. The highest BCUT2D eigenvalue weighted by molar-refractivity contribution is 7.80. The molecular weight excluding hydrogens is 270 g/mol. The second kappa shape index (κ2) is 6.36. The summed E-state index contributed by atoms with van der Waals surface area (Å²) >= 11 is 11.0. The molecule has 0 saturated carbocycles. The number of thiocarbonyl (C=S) groups is 1. The van der Waals surface area contributed by atoms with E-state index in [2.05, 4.69) is 0 Å². The Labute approximate surface area is 117 Å². The van der Waals surface area contributed by atoms with E-state index in [1.165, 1.54) is 0 Å². The lowest BCUT2D eigenvalue weighted by molar-refractivity contribution is 0.0497. The molecule has 0 aromatic heterocycles. The van der Waals surface area contributed by atoms with Crippen LogP contribution in [0.25, 0.3) is 0 Å². The molecule has 1 saturated heterocycles. The lowest BCUT2D eigenvalue weighted by Gasteiger charge is -2.22. The molecule has 0 spiro atoms. The number of halogens is 1. The van der Waals surface area contributed by atoms with Gasteiger partial charge in [-0.3, -0.25) is 0 Å². The van der Waals surface area contributed by atoms with Gasteiger partial charge < -0.3 is 15.2 Å². The van der Waals surface area contributed by atoms with Crippen LogP contribution in [-0.2, 0) is 4.74 Å². The molecule has 0 atom stereocenters. The largest absolute Gasteiger partial charge is 0.493 e. The third kappa shape index (κ3) is 3.57. The fraction of sp³-hybridized carbons (Fsp3) is 0.462. The Morgan fingerprint density at radius 3 is 2.83 bits per heavy atom. The van der Waals surface area contributed by atoms with Gasteiger partial charge in [0.2, 0.25) is 0 Å². The van der Waals surface area contributed by atoms with Crippen LogP contribution in [0.5, 0.6) is 5.75 Å². The molecule has 0 aliphatic carbocycles. The Hall–Kier alpha value is -0.840. The first kappa shape index (κ1) is 13.6. The summed E-state index contributed by atoms with van der Waals surface area (Å²) in [6.07, 6.45) is 2.06. The van der Waals surface area contributed by atoms with E-state index in [0.717, 1.165) is 31.6 Å². The molecule has 0 amide bonds. The molecule has 2 N–H and O–H groups in total. The molecule has 2 rings (SSSR count). The third-order valence-corrected chi connectivity index (χ3v) is 3.48. The minimum atomic E-state index is 0.327. The van der Waals surface area contributed by atoms with Gasteiger partial charge in [0.25, 0.3) is 0 Å². The van der Waals surface area contributed by atoms with E-state index in [-0.39, 0.29) is 0 Å². The standard InChI is InChI=1S/C13H16ClNO2S/c14-10-1-2-11(13(15)18)12(7-10)17-8-9-3-5-16-6-4-9/h1-2,7,9H,3-6,8H2,(H2,15,18). The molecule has 1 heterocycles. The molecule has 98 valence electrons. The van der Waals surface area contributed by atoms with E-state index in [1.54, 1.807) is 18.2 Å². The minimum Gasteiger partial charge on any atom is -0.493 e. The maximum absolute atomic E-state index is 5.96. The van der Waals surface area contributed by atoms with E-state index in [9.17, 15) is 0 Å². The monoisotopic (exact) mass is 285 g/mol. The number of benzene rings is 1. The second-order valence-electron chi connectivity index (χ2n) is 4.37. The van der Waals surface area contributed by atoms with Crippen molar-refractivity contribution < 1.29 is 9.47 Å². The van der Waals surface area contributed by atoms with Crippen LogP contribution in [0.4, 0.5) is 0 Å². The Bertz CT molecular complexity index is 433. The van der Waals surface area contributed by atoms with Crippen LogP contribution in [0.3, 0.4) is 0 Å². The van der Waals surface area contributed by atoms with Crippen LogP contribution in [0, 0.1) is 5.92 Å². The van der Waals surface area contributed by atoms with Gasteiger partial charge in [0.1, 0.15) is 10.7 Å². The lowest BCUT2D eigenvalue weighted by Crippen LogP contribution is -2.22. The first-order valence-corrected chi connectivity index (χ1v) is 6.75. The molecule has 0 bridgehead atoms. The summed E-state index contributed by atoms with van der Waals surface area (Å²) in [5.41, 5.74) is 6.40. The maximum Gasteiger partial charge on any atom is 0.130 e. The van der Waals surface area contributed by atoms with Crippen molar-refractivity contribution in [1.29, 1.82) is 0 Å². The van der Waals surface area contributed by atoms with Crippen molar-refractivity contribution in [2.45, 2.75) is 12.8 Å². The molecule has 1 aromatic carbocycles. The fourth-order valence-electron chi connectivity index (χ4n) is 1.94. The summed E-state index contributed by atoms with van der Waals surface area (Å²) in [5, 5.41) is 0.622. The molecule has 1 aromatic rings. The van der Waals surface area contributed by atoms with E-state index in [0.29, 0.717) is 28.3 Å². The first-order chi connectivity index (χ1) is 8.66. The Morgan fingerprint density at radius 2 is 2.17 bits per heavy atom. The lowest BCUT2D eigenvalue weighted by atomic mass is 10.0. The van der Waals surface area contributed by atoms with Crippen molar-refractivity contribution in [3.8, 4) is 5.75 Å². The van der Waals surface area contributed by atoms with Crippen LogP contribution >= 0.6 is 23.8 Å². The molecule has 0 radical (unpaired) electrons. The smallest absolute Gasteiger partial charge is 0.130 e. The summed E-state index contributed by atoms with van der Waals surface area (Å²) in [7, 11) is 0. The van der Waals surface area contributed by atoms with Gasteiger partial charge in [0.15, 0.2) is 0 Å². The van der Waals surface area contributed by atoms with E-state index >= 15 is 0 Å². The molecular formula is C13H16ClNO2S. The van der Waals surface area contributed by atoms with Gasteiger partial charge in [0.05, 0.1) is 12.2 Å². The number of hydrogen-bond donors (Lipinski definition) is 1. The number of nitrogens with two attached hydrogens (primary N) is 1. The third-order valence-electron chi connectivity index (χ3n) is 3.02. The summed E-state index contributed by atoms with van der Waals surface area (Å²) < 4.78 is 11.1. The number of ether oxygens (including phenoxy) is 2.